The molecule has 0 fully saturated rings. The van der Waals surface area contributed by atoms with Crippen LogP contribution in [0.5, 0.6) is 0 Å². The molecule has 1 aromatic rings. The lowest BCUT2D eigenvalue weighted by molar-refractivity contribution is 0.303. The second-order valence-electron chi connectivity index (χ2n) is 2.39. The average molecular weight is 165 g/mol. The van der Waals surface area contributed by atoms with E-state index < -0.39 is 0 Å². The van der Waals surface area contributed by atoms with Gasteiger partial charge in [0.15, 0.2) is 5.43 Å². The van der Waals surface area contributed by atoms with Crippen molar-refractivity contribution in [3.63, 3.8) is 0 Å². The van der Waals surface area contributed by atoms with Crippen molar-refractivity contribution < 1.29 is 5.11 Å². The summed E-state index contributed by atoms with van der Waals surface area (Å²) in [6, 6.07) is 2.97. The molecule has 0 saturated heterocycles. The number of nitrogens with one attached hydrogen (secondary N) is 1. The van der Waals surface area contributed by atoms with Gasteiger partial charge in [-0.1, -0.05) is 6.08 Å². The Balaban J connectivity index is 2.69. The van der Waals surface area contributed by atoms with E-state index >= 15 is 0 Å². The standard InChI is InChI=1S/C9H11NO2/c11-6-2-1-3-8-7-9(12)4-5-10-8/h1,3-5,7,11H,2,6H2,(H,10,12). The van der Waals surface area contributed by atoms with Crippen LogP contribution in [0.15, 0.2) is 29.2 Å². The molecule has 0 bridgehead atoms. The summed E-state index contributed by atoms with van der Waals surface area (Å²) in [5.74, 6) is 0. The lowest BCUT2D eigenvalue weighted by atomic mass is 10.3. The SMILES string of the molecule is O=c1cc[nH]c(C=CCCO)c1. The molecule has 0 saturated carbocycles. The van der Waals surface area contributed by atoms with E-state index in [2.05, 4.69) is 4.98 Å². The van der Waals surface area contributed by atoms with Crippen LogP contribution in [0.1, 0.15) is 12.1 Å². The van der Waals surface area contributed by atoms with Gasteiger partial charge in [-0.3, -0.25) is 4.79 Å². The Kier molecular flexibility index (Phi) is 3.29. The maximum absolute atomic E-state index is 10.8. The molecule has 0 spiro atoms. The molecule has 1 aromatic heterocycles. The van der Waals surface area contributed by atoms with Gasteiger partial charge in [-0.2, -0.15) is 0 Å². The molecule has 0 aliphatic heterocycles. The molecular weight excluding hydrogens is 154 g/mol. The van der Waals surface area contributed by atoms with Crippen LogP contribution in [0, 0.1) is 0 Å². The lowest BCUT2D eigenvalue weighted by Crippen LogP contribution is -1.97. The van der Waals surface area contributed by atoms with E-state index in [-0.39, 0.29) is 12.0 Å². The first-order valence-corrected chi connectivity index (χ1v) is 3.79. The molecule has 1 rings (SSSR count). The van der Waals surface area contributed by atoms with Gasteiger partial charge < -0.3 is 10.1 Å². The molecule has 0 aliphatic rings. The fourth-order valence-electron chi connectivity index (χ4n) is 0.844. The maximum Gasteiger partial charge on any atom is 0.182 e. The number of aliphatic hydroxyl groups excluding tert-OH is 1. The van der Waals surface area contributed by atoms with E-state index in [9.17, 15) is 4.79 Å². The summed E-state index contributed by atoms with van der Waals surface area (Å²) in [6.45, 7) is 0.133. The van der Waals surface area contributed by atoms with Crippen LogP contribution in [-0.2, 0) is 0 Å². The summed E-state index contributed by atoms with van der Waals surface area (Å²) >= 11 is 0. The second-order valence-corrected chi connectivity index (χ2v) is 2.39. The van der Waals surface area contributed by atoms with Crippen molar-refractivity contribution in [2.75, 3.05) is 6.61 Å². The Morgan fingerprint density at radius 1 is 1.58 bits per heavy atom. The number of H-pyrrole nitrogens is 1. The molecule has 0 aliphatic carbocycles. The van der Waals surface area contributed by atoms with Gasteiger partial charge in [0.05, 0.1) is 0 Å². The van der Waals surface area contributed by atoms with Gasteiger partial charge in [-0.05, 0) is 12.5 Å². The first-order chi connectivity index (χ1) is 5.83. The Morgan fingerprint density at radius 3 is 3.08 bits per heavy atom. The van der Waals surface area contributed by atoms with Gasteiger partial charge in [-0.25, -0.2) is 0 Å². The van der Waals surface area contributed by atoms with E-state index in [1.165, 1.54) is 12.1 Å². The van der Waals surface area contributed by atoms with Crippen molar-refractivity contribution in [3.05, 3.63) is 40.3 Å². The van der Waals surface area contributed by atoms with Crippen molar-refractivity contribution >= 4 is 6.08 Å². The third-order valence-corrected chi connectivity index (χ3v) is 1.39. The second kappa shape index (κ2) is 4.51. The molecule has 0 unspecified atom stereocenters. The number of pyridine rings is 1. The number of aromatic amines is 1. The molecule has 3 heteroatoms. The Labute approximate surface area is 70.4 Å². The van der Waals surface area contributed by atoms with Crippen molar-refractivity contribution in [1.82, 2.24) is 4.98 Å². The van der Waals surface area contributed by atoms with Gasteiger partial charge in [-0.15, -0.1) is 0 Å². The van der Waals surface area contributed by atoms with Crippen LogP contribution >= 0.6 is 0 Å². The minimum absolute atomic E-state index is 0.0163. The number of aliphatic hydroxyl groups is 1. The fourth-order valence-corrected chi connectivity index (χ4v) is 0.844. The summed E-state index contributed by atoms with van der Waals surface area (Å²) in [7, 11) is 0. The molecular formula is C9H11NO2. The molecule has 64 valence electrons. The summed E-state index contributed by atoms with van der Waals surface area (Å²) in [5, 5.41) is 8.48. The van der Waals surface area contributed by atoms with Crippen LogP contribution in [0.4, 0.5) is 0 Å². The number of hydrogen-bond donors (Lipinski definition) is 2. The summed E-state index contributed by atoms with van der Waals surface area (Å²) in [4.78, 5) is 13.7. The smallest absolute Gasteiger partial charge is 0.182 e. The average Bonchev–Trinajstić information content (AvgIpc) is 2.05. The van der Waals surface area contributed by atoms with E-state index in [1.54, 1.807) is 12.3 Å². The highest BCUT2D eigenvalue weighted by atomic mass is 16.2. The number of rotatable bonds is 3. The highest BCUT2D eigenvalue weighted by molar-refractivity contribution is 5.43. The van der Waals surface area contributed by atoms with Crippen LogP contribution < -0.4 is 5.43 Å². The molecule has 0 amide bonds. The number of aromatic nitrogens is 1. The van der Waals surface area contributed by atoms with Crippen molar-refractivity contribution in [1.29, 1.82) is 0 Å². The number of hydrogen-bond acceptors (Lipinski definition) is 2. The van der Waals surface area contributed by atoms with Crippen molar-refractivity contribution in [3.8, 4) is 0 Å². The molecule has 12 heavy (non-hydrogen) atoms. The third-order valence-electron chi connectivity index (χ3n) is 1.39. The van der Waals surface area contributed by atoms with Crippen LogP contribution in [-0.4, -0.2) is 16.7 Å². The highest BCUT2D eigenvalue weighted by Crippen LogP contribution is 1.93. The topological polar surface area (TPSA) is 53.1 Å². The molecule has 1 heterocycles. The molecule has 0 atom stereocenters. The monoisotopic (exact) mass is 165 g/mol. The molecule has 3 nitrogen and oxygen atoms in total. The minimum atomic E-state index is -0.0163. The van der Waals surface area contributed by atoms with Gasteiger partial charge >= 0.3 is 0 Å². The predicted molar refractivity (Wildman–Crippen MR) is 47.8 cm³/mol. The summed E-state index contributed by atoms with van der Waals surface area (Å²) in [5.41, 5.74) is 0.744. The highest BCUT2D eigenvalue weighted by Gasteiger charge is 1.85. The molecule has 0 radical (unpaired) electrons. The fraction of sp³-hybridized carbons (Fsp3) is 0.222. The van der Waals surface area contributed by atoms with Crippen LogP contribution in [0.25, 0.3) is 6.08 Å². The normalized spacial score (nSPS) is 10.8. The zero-order valence-electron chi connectivity index (χ0n) is 6.66. The van der Waals surface area contributed by atoms with Crippen LogP contribution in [0.3, 0.4) is 0 Å². The van der Waals surface area contributed by atoms with Gasteiger partial charge in [0.2, 0.25) is 0 Å². The van der Waals surface area contributed by atoms with Crippen molar-refractivity contribution in [2.45, 2.75) is 6.42 Å². The van der Waals surface area contributed by atoms with E-state index in [0.717, 1.165) is 5.69 Å². The third kappa shape index (κ3) is 2.72. The first kappa shape index (κ1) is 8.74. The quantitative estimate of drug-likeness (QED) is 0.695. The minimum Gasteiger partial charge on any atom is -0.396 e. The van der Waals surface area contributed by atoms with Gasteiger partial charge in [0.25, 0.3) is 0 Å². The van der Waals surface area contributed by atoms with Gasteiger partial charge in [0, 0.05) is 30.6 Å². The zero-order chi connectivity index (χ0) is 8.81. The van der Waals surface area contributed by atoms with E-state index in [4.69, 9.17) is 5.11 Å². The zero-order valence-corrected chi connectivity index (χ0v) is 6.66. The van der Waals surface area contributed by atoms with E-state index in [0.29, 0.717) is 6.42 Å². The summed E-state index contributed by atoms with van der Waals surface area (Å²) < 4.78 is 0. The Hall–Kier alpha value is -1.35. The van der Waals surface area contributed by atoms with E-state index in [1.807, 2.05) is 6.08 Å². The lowest BCUT2D eigenvalue weighted by Gasteiger charge is -1.90. The Bertz CT molecular complexity index is 314. The maximum atomic E-state index is 10.8. The largest absolute Gasteiger partial charge is 0.396 e. The molecule has 0 aromatic carbocycles. The first-order valence-electron chi connectivity index (χ1n) is 3.79. The van der Waals surface area contributed by atoms with Crippen LogP contribution in [0.2, 0.25) is 0 Å². The van der Waals surface area contributed by atoms with Crippen molar-refractivity contribution in [2.24, 2.45) is 0 Å². The van der Waals surface area contributed by atoms with Gasteiger partial charge in [0.1, 0.15) is 0 Å². The molecule has 2 N–H and O–H groups in total. The Morgan fingerprint density at radius 2 is 2.42 bits per heavy atom. The predicted octanol–water partition coefficient (Wildman–Crippen LogP) is 0.770. The summed E-state index contributed by atoms with van der Waals surface area (Å²) in [6.07, 6.45) is 5.79.